The summed E-state index contributed by atoms with van der Waals surface area (Å²) in [6, 6.07) is 84.3. The van der Waals surface area contributed by atoms with Gasteiger partial charge in [-0.1, -0.05) is 146 Å². The number of rotatable bonds is 10. The summed E-state index contributed by atoms with van der Waals surface area (Å²) in [4.78, 5) is 13.0. The van der Waals surface area contributed by atoms with E-state index in [1.165, 1.54) is 16.7 Å². The number of para-hydroxylation sites is 4. The van der Waals surface area contributed by atoms with Crippen LogP contribution in [0.25, 0.3) is 33.5 Å². The summed E-state index contributed by atoms with van der Waals surface area (Å²) in [5.41, 5.74) is 13.9. The number of benzene rings is 8. The number of nitrogens with zero attached hydrogens (tertiary/aromatic N) is 4. The fraction of sp³-hybridized carbons (Fsp3) is 0.0938. The minimum absolute atomic E-state index is 0.338. The molecule has 0 N–H and O–H groups in total. The lowest BCUT2D eigenvalue weighted by atomic mass is 9.78. The standard InChI is InChI=1S/C30H30BNO2.C29H21BrN2.C5H3BrIN/c1-29(2)30(3,4)34-31(33-29)25-19-15-23(16-20-25)24-17-21-28(22-18-24)32(26-11-7-5-8-12-26)27-13-9-6-10-14-27;30-25-17-20-29(31-21-25)24-13-11-22(12-14-24)23-15-18-28(19-16-23)32(26-7-3-1-4-8-26)27-9-5-2-6-10-27;6-5-2-1-4(7)3-8-5/h5-22H,1-4H3;1-21H;1-3H. The molecule has 0 unspecified atom stereocenters. The van der Waals surface area contributed by atoms with Crippen molar-refractivity contribution >= 4 is 101 Å². The third-order valence-electron chi connectivity index (χ3n) is 13.0. The van der Waals surface area contributed by atoms with E-state index in [4.69, 9.17) is 9.31 Å². The molecule has 10 heteroatoms. The van der Waals surface area contributed by atoms with E-state index in [9.17, 15) is 0 Å². The molecule has 3 heterocycles. The Morgan fingerprint density at radius 2 is 0.730 bits per heavy atom. The molecule has 8 aromatic carbocycles. The highest BCUT2D eigenvalue weighted by Gasteiger charge is 2.51. The molecular formula is C64H54BBr2IN4O2. The van der Waals surface area contributed by atoms with Crippen molar-refractivity contribution in [2.24, 2.45) is 0 Å². The molecule has 0 radical (unpaired) electrons. The molecule has 0 saturated carbocycles. The molecule has 0 spiro atoms. The first-order chi connectivity index (χ1) is 35.9. The second kappa shape index (κ2) is 24.1. The van der Waals surface area contributed by atoms with Crippen molar-refractivity contribution in [3.05, 3.63) is 268 Å². The van der Waals surface area contributed by atoms with Gasteiger partial charge in [-0.3, -0.25) is 4.98 Å². The molecule has 74 heavy (non-hydrogen) atoms. The molecule has 0 atom stereocenters. The Kier molecular flexibility index (Phi) is 17.0. The Hall–Kier alpha value is -6.67. The molecule has 366 valence electrons. The van der Waals surface area contributed by atoms with Crippen molar-refractivity contribution in [2.75, 3.05) is 9.80 Å². The smallest absolute Gasteiger partial charge is 0.399 e. The summed E-state index contributed by atoms with van der Waals surface area (Å²) in [5, 5.41) is 0. The molecule has 11 rings (SSSR count). The molecule has 0 aliphatic carbocycles. The van der Waals surface area contributed by atoms with Gasteiger partial charge >= 0.3 is 7.12 Å². The number of pyridine rings is 2. The van der Waals surface area contributed by atoms with Gasteiger partial charge in [-0.2, -0.15) is 0 Å². The van der Waals surface area contributed by atoms with Crippen molar-refractivity contribution in [2.45, 2.75) is 38.9 Å². The van der Waals surface area contributed by atoms with Gasteiger partial charge in [0.25, 0.3) is 0 Å². The van der Waals surface area contributed by atoms with Crippen LogP contribution in [-0.4, -0.2) is 28.3 Å². The van der Waals surface area contributed by atoms with E-state index in [1.54, 1.807) is 0 Å². The van der Waals surface area contributed by atoms with E-state index in [0.717, 1.165) is 69.1 Å². The molecule has 0 bridgehead atoms. The number of hydrogen-bond donors (Lipinski definition) is 0. The minimum Gasteiger partial charge on any atom is -0.399 e. The van der Waals surface area contributed by atoms with Gasteiger partial charge in [0.1, 0.15) is 4.60 Å². The Bertz CT molecular complexity index is 3210. The van der Waals surface area contributed by atoms with Gasteiger partial charge in [0.2, 0.25) is 0 Å². The lowest BCUT2D eigenvalue weighted by molar-refractivity contribution is 0.00578. The van der Waals surface area contributed by atoms with Crippen LogP contribution >= 0.6 is 54.5 Å². The van der Waals surface area contributed by atoms with E-state index in [0.29, 0.717) is 0 Å². The van der Waals surface area contributed by atoms with Gasteiger partial charge in [-0.15, -0.1) is 0 Å². The third-order valence-corrected chi connectivity index (χ3v) is 14.6. The summed E-state index contributed by atoms with van der Waals surface area (Å²) in [5.74, 6) is 0. The summed E-state index contributed by atoms with van der Waals surface area (Å²) in [6.07, 6.45) is 3.64. The second-order valence-corrected chi connectivity index (χ2v) is 21.5. The fourth-order valence-corrected chi connectivity index (χ4v) is 9.15. The van der Waals surface area contributed by atoms with Crippen LogP contribution in [0.1, 0.15) is 27.7 Å². The van der Waals surface area contributed by atoms with Crippen LogP contribution in [0, 0.1) is 3.57 Å². The van der Waals surface area contributed by atoms with E-state index in [2.05, 4.69) is 296 Å². The third kappa shape index (κ3) is 13.0. The van der Waals surface area contributed by atoms with Crippen molar-refractivity contribution in [3.63, 3.8) is 0 Å². The zero-order valence-corrected chi connectivity index (χ0v) is 46.9. The van der Waals surface area contributed by atoms with Crippen LogP contribution in [0.5, 0.6) is 0 Å². The molecule has 2 aromatic heterocycles. The monoisotopic (exact) mass is 1210 g/mol. The number of anilines is 6. The zero-order chi connectivity index (χ0) is 51.5. The highest BCUT2D eigenvalue weighted by atomic mass is 127. The van der Waals surface area contributed by atoms with E-state index < -0.39 is 0 Å². The van der Waals surface area contributed by atoms with E-state index >= 15 is 0 Å². The SMILES string of the molecule is Brc1ccc(-c2ccc(-c3ccc(N(c4ccccc4)c4ccccc4)cc3)cc2)nc1.Brc1ccc(I)cn1.CC1(C)OB(c2ccc(-c3ccc(N(c4ccccc4)c4ccccc4)cc3)cc2)OC1(C)C. The lowest BCUT2D eigenvalue weighted by Crippen LogP contribution is -2.41. The fourth-order valence-electron chi connectivity index (χ4n) is 8.36. The first-order valence-electron chi connectivity index (χ1n) is 24.4. The molecule has 1 saturated heterocycles. The number of aromatic nitrogens is 2. The zero-order valence-electron chi connectivity index (χ0n) is 41.6. The summed E-state index contributed by atoms with van der Waals surface area (Å²) < 4.78 is 15.4. The van der Waals surface area contributed by atoms with Crippen LogP contribution in [0.3, 0.4) is 0 Å². The summed E-state index contributed by atoms with van der Waals surface area (Å²) >= 11 is 8.88. The Balaban J connectivity index is 0.000000158. The largest absolute Gasteiger partial charge is 0.494 e. The van der Waals surface area contributed by atoms with Gasteiger partial charge < -0.3 is 19.1 Å². The predicted molar refractivity (Wildman–Crippen MR) is 324 cm³/mol. The van der Waals surface area contributed by atoms with Crippen molar-refractivity contribution in [1.82, 2.24) is 9.97 Å². The molecular weight excluding hydrogens is 1150 g/mol. The maximum Gasteiger partial charge on any atom is 0.494 e. The van der Waals surface area contributed by atoms with Crippen LogP contribution in [0.4, 0.5) is 34.1 Å². The molecule has 6 nitrogen and oxygen atoms in total. The Morgan fingerprint density at radius 3 is 1.07 bits per heavy atom. The minimum atomic E-state index is -0.341. The van der Waals surface area contributed by atoms with Gasteiger partial charge in [0.05, 0.1) is 16.9 Å². The van der Waals surface area contributed by atoms with E-state index in [1.807, 2.05) is 60.9 Å². The van der Waals surface area contributed by atoms with Crippen LogP contribution in [0.15, 0.2) is 264 Å². The Labute approximate surface area is 466 Å². The lowest BCUT2D eigenvalue weighted by Gasteiger charge is -2.32. The topological polar surface area (TPSA) is 50.7 Å². The average molecular weight is 1210 g/mol. The maximum atomic E-state index is 6.19. The maximum absolute atomic E-state index is 6.19. The summed E-state index contributed by atoms with van der Waals surface area (Å²) in [6.45, 7) is 8.32. The average Bonchev–Trinajstić information content (AvgIpc) is 3.67. The van der Waals surface area contributed by atoms with Crippen molar-refractivity contribution in [1.29, 1.82) is 0 Å². The normalized spacial score (nSPS) is 13.1. The number of hydrogen-bond acceptors (Lipinski definition) is 6. The molecule has 0 amide bonds. The van der Waals surface area contributed by atoms with Crippen molar-refractivity contribution < 1.29 is 9.31 Å². The first-order valence-corrected chi connectivity index (χ1v) is 27.0. The quantitative estimate of drug-likeness (QED) is 0.0773. The molecule has 1 fully saturated rings. The van der Waals surface area contributed by atoms with Crippen LogP contribution in [-0.2, 0) is 9.31 Å². The van der Waals surface area contributed by atoms with Gasteiger partial charge in [-0.25, -0.2) is 4.98 Å². The second-order valence-electron chi connectivity index (χ2n) is 18.6. The summed E-state index contributed by atoms with van der Waals surface area (Å²) in [7, 11) is -0.341. The predicted octanol–water partition coefficient (Wildman–Crippen LogP) is 18.2. The Morgan fingerprint density at radius 1 is 0.378 bits per heavy atom. The van der Waals surface area contributed by atoms with Crippen LogP contribution < -0.4 is 15.3 Å². The number of halogens is 3. The van der Waals surface area contributed by atoms with Crippen LogP contribution in [0.2, 0.25) is 0 Å². The highest BCUT2D eigenvalue weighted by molar-refractivity contribution is 14.1. The molecule has 1 aliphatic rings. The molecule has 1 aliphatic heterocycles. The van der Waals surface area contributed by atoms with Gasteiger partial charge in [0.15, 0.2) is 0 Å². The molecule has 10 aromatic rings. The first kappa shape index (κ1) is 52.2. The van der Waals surface area contributed by atoms with Gasteiger partial charge in [0, 0.05) is 60.1 Å². The van der Waals surface area contributed by atoms with Gasteiger partial charge in [-0.05, 0) is 207 Å². The van der Waals surface area contributed by atoms with E-state index in [-0.39, 0.29) is 18.3 Å². The highest BCUT2D eigenvalue weighted by Crippen LogP contribution is 2.39. The van der Waals surface area contributed by atoms with Crippen molar-refractivity contribution in [3.8, 4) is 33.5 Å².